The lowest BCUT2D eigenvalue weighted by atomic mass is 10.1. The summed E-state index contributed by atoms with van der Waals surface area (Å²) < 4.78 is 0. The lowest BCUT2D eigenvalue weighted by molar-refractivity contribution is 1.45. The van der Waals surface area contributed by atoms with Crippen molar-refractivity contribution in [3.8, 4) is 0 Å². The second-order valence-electron chi connectivity index (χ2n) is 2.88. The molecule has 1 aromatic carbocycles. The number of benzene rings is 1. The molecule has 1 rings (SSSR count). The van der Waals surface area contributed by atoms with Crippen LogP contribution in [0.4, 0.5) is 0 Å². The quantitative estimate of drug-likeness (QED) is 0.503. The highest BCUT2D eigenvalue weighted by molar-refractivity contribution is 9.09. The number of alkyl halides is 1. The molecule has 0 saturated carbocycles. The Bertz CT molecular complexity index is 372. The number of rotatable bonds is 2. The molecule has 4 heteroatoms. The SMILES string of the molecule is C/C(=C/c1c(Cl)ccc(Cl)c1Cl)CBr. The summed E-state index contributed by atoms with van der Waals surface area (Å²) in [4.78, 5) is 0. The maximum Gasteiger partial charge on any atom is 0.0679 e. The molecule has 1 aromatic rings. The first-order chi connectivity index (χ1) is 6.56. The highest BCUT2D eigenvalue weighted by atomic mass is 79.9. The third-order valence-corrected chi connectivity index (χ3v) is 3.71. The summed E-state index contributed by atoms with van der Waals surface area (Å²) in [5.41, 5.74) is 1.91. The fourth-order valence-electron chi connectivity index (χ4n) is 0.960. The smallest absolute Gasteiger partial charge is 0.0679 e. The molecule has 0 unspecified atom stereocenters. The van der Waals surface area contributed by atoms with Gasteiger partial charge in [0.1, 0.15) is 0 Å². The molecule has 0 heterocycles. The molecular formula is C10H8BrCl3. The minimum absolute atomic E-state index is 0.500. The monoisotopic (exact) mass is 312 g/mol. The molecule has 0 aromatic heterocycles. The van der Waals surface area contributed by atoms with Gasteiger partial charge in [-0.25, -0.2) is 0 Å². The fourth-order valence-corrected chi connectivity index (χ4v) is 1.77. The van der Waals surface area contributed by atoms with Crippen molar-refractivity contribution in [3.05, 3.63) is 38.3 Å². The van der Waals surface area contributed by atoms with Gasteiger partial charge in [-0.15, -0.1) is 0 Å². The second kappa shape index (κ2) is 5.41. The molecule has 0 aliphatic rings. The Morgan fingerprint density at radius 1 is 1.29 bits per heavy atom. The Morgan fingerprint density at radius 2 is 1.86 bits per heavy atom. The highest BCUT2D eigenvalue weighted by Crippen LogP contribution is 2.33. The van der Waals surface area contributed by atoms with E-state index in [1.54, 1.807) is 12.1 Å². The summed E-state index contributed by atoms with van der Waals surface area (Å²) >= 11 is 21.3. The van der Waals surface area contributed by atoms with Gasteiger partial charge in [-0.05, 0) is 19.1 Å². The van der Waals surface area contributed by atoms with Crippen LogP contribution in [0.1, 0.15) is 12.5 Å². The van der Waals surface area contributed by atoms with Gasteiger partial charge >= 0.3 is 0 Å². The molecule has 0 bridgehead atoms. The van der Waals surface area contributed by atoms with Crippen LogP contribution in [0.3, 0.4) is 0 Å². The van der Waals surface area contributed by atoms with Crippen molar-refractivity contribution >= 4 is 56.8 Å². The van der Waals surface area contributed by atoms with Gasteiger partial charge in [0.25, 0.3) is 0 Å². The first kappa shape index (κ1) is 12.4. The van der Waals surface area contributed by atoms with Crippen molar-refractivity contribution in [2.24, 2.45) is 0 Å². The van der Waals surface area contributed by atoms with E-state index in [-0.39, 0.29) is 0 Å². The van der Waals surface area contributed by atoms with Crippen molar-refractivity contribution in [3.63, 3.8) is 0 Å². The summed E-state index contributed by atoms with van der Waals surface area (Å²) in [5.74, 6) is 0. The molecular weight excluding hydrogens is 306 g/mol. The molecule has 0 saturated heterocycles. The van der Waals surface area contributed by atoms with Crippen LogP contribution in [0, 0.1) is 0 Å². The lowest BCUT2D eigenvalue weighted by Crippen LogP contribution is -1.83. The predicted octanol–water partition coefficient (Wildman–Crippen LogP) is 5.45. The average molecular weight is 314 g/mol. The predicted molar refractivity (Wildman–Crippen MR) is 68.9 cm³/mol. The largest absolute Gasteiger partial charge is 0.0880 e. The molecule has 0 nitrogen and oxygen atoms in total. The summed E-state index contributed by atoms with van der Waals surface area (Å²) in [6.07, 6.45) is 1.92. The molecule has 0 N–H and O–H groups in total. The van der Waals surface area contributed by atoms with E-state index >= 15 is 0 Å². The zero-order valence-electron chi connectivity index (χ0n) is 7.45. The van der Waals surface area contributed by atoms with Crippen LogP contribution in [0.2, 0.25) is 15.1 Å². The summed E-state index contributed by atoms with van der Waals surface area (Å²) in [6.45, 7) is 1.99. The number of hydrogen-bond acceptors (Lipinski definition) is 0. The van der Waals surface area contributed by atoms with E-state index < -0.39 is 0 Å². The van der Waals surface area contributed by atoms with E-state index in [0.717, 1.165) is 16.5 Å². The Kier molecular flexibility index (Phi) is 4.78. The molecule has 0 spiro atoms. The Hall–Kier alpha value is 0.310. The van der Waals surface area contributed by atoms with Crippen LogP contribution >= 0.6 is 50.7 Å². The van der Waals surface area contributed by atoms with Crippen LogP contribution in [-0.2, 0) is 0 Å². The van der Waals surface area contributed by atoms with Crippen LogP contribution < -0.4 is 0 Å². The first-order valence-electron chi connectivity index (χ1n) is 3.93. The van der Waals surface area contributed by atoms with Gasteiger partial charge in [-0.2, -0.15) is 0 Å². The van der Waals surface area contributed by atoms with Gasteiger partial charge in [-0.1, -0.05) is 62.4 Å². The Balaban J connectivity index is 3.26. The van der Waals surface area contributed by atoms with Gasteiger partial charge in [-0.3, -0.25) is 0 Å². The van der Waals surface area contributed by atoms with Crippen LogP contribution in [-0.4, -0.2) is 5.33 Å². The zero-order valence-corrected chi connectivity index (χ0v) is 11.3. The molecule has 0 aliphatic heterocycles. The van der Waals surface area contributed by atoms with E-state index in [9.17, 15) is 0 Å². The maximum atomic E-state index is 6.02. The van der Waals surface area contributed by atoms with E-state index in [1.165, 1.54) is 0 Å². The third kappa shape index (κ3) is 2.90. The third-order valence-electron chi connectivity index (χ3n) is 1.68. The van der Waals surface area contributed by atoms with Crippen molar-refractivity contribution in [2.45, 2.75) is 6.92 Å². The van der Waals surface area contributed by atoms with Crippen molar-refractivity contribution < 1.29 is 0 Å². The van der Waals surface area contributed by atoms with Gasteiger partial charge in [0.2, 0.25) is 0 Å². The van der Waals surface area contributed by atoms with Crippen molar-refractivity contribution in [1.29, 1.82) is 0 Å². The minimum Gasteiger partial charge on any atom is -0.0880 e. The lowest BCUT2D eigenvalue weighted by Gasteiger charge is -2.04. The molecule has 0 aliphatic carbocycles. The minimum atomic E-state index is 0.500. The van der Waals surface area contributed by atoms with Gasteiger partial charge in [0.15, 0.2) is 0 Å². The average Bonchev–Trinajstić information content (AvgIpc) is 2.18. The van der Waals surface area contributed by atoms with Gasteiger partial charge in [0, 0.05) is 15.9 Å². The fraction of sp³-hybridized carbons (Fsp3) is 0.200. The summed E-state index contributed by atoms with van der Waals surface area (Å²) in [6, 6.07) is 3.43. The highest BCUT2D eigenvalue weighted by Gasteiger charge is 2.07. The molecule has 0 radical (unpaired) electrons. The zero-order chi connectivity index (χ0) is 10.7. The van der Waals surface area contributed by atoms with Crippen molar-refractivity contribution in [2.75, 3.05) is 5.33 Å². The molecule has 76 valence electrons. The van der Waals surface area contributed by atoms with Gasteiger partial charge < -0.3 is 0 Å². The Labute approximate surface area is 107 Å². The van der Waals surface area contributed by atoms with Crippen molar-refractivity contribution in [1.82, 2.24) is 0 Å². The molecule has 14 heavy (non-hydrogen) atoms. The first-order valence-corrected chi connectivity index (χ1v) is 6.18. The maximum absolute atomic E-state index is 6.02. The molecule has 0 amide bonds. The normalized spacial score (nSPS) is 11.9. The Morgan fingerprint density at radius 3 is 2.43 bits per heavy atom. The summed E-state index contributed by atoms with van der Waals surface area (Å²) in [5, 5.41) is 2.41. The number of hydrogen-bond donors (Lipinski definition) is 0. The van der Waals surface area contributed by atoms with Crippen LogP contribution in [0.25, 0.3) is 6.08 Å². The second-order valence-corrected chi connectivity index (χ2v) is 4.63. The molecule has 0 atom stereocenters. The van der Waals surface area contributed by atoms with E-state index in [2.05, 4.69) is 15.9 Å². The van der Waals surface area contributed by atoms with E-state index in [1.807, 2.05) is 13.0 Å². The van der Waals surface area contributed by atoms with Crippen LogP contribution in [0.15, 0.2) is 17.7 Å². The number of halogens is 4. The molecule has 0 fully saturated rings. The van der Waals surface area contributed by atoms with Crippen LogP contribution in [0.5, 0.6) is 0 Å². The van der Waals surface area contributed by atoms with E-state index in [0.29, 0.717) is 15.1 Å². The summed E-state index contributed by atoms with van der Waals surface area (Å²) in [7, 11) is 0. The topological polar surface area (TPSA) is 0 Å². The van der Waals surface area contributed by atoms with Gasteiger partial charge in [0.05, 0.1) is 10.0 Å². The standard InChI is InChI=1S/C10H8BrCl3/c1-6(5-11)4-7-8(12)2-3-9(13)10(7)14/h2-4H,5H2,1H3/b6-4-. The van der Waals surface area contributed by atoms with E-state index in [4.69, 9.17) is 34.8 Å². The number of allylic oxidation sites excluding steroid dienone is 1.